The minimum absolute atomic E-state index is 0.0562. The Morgan fingerprint density at radius 1 is 0.867 bits per heavy atom. The second-order valence-corrected chi connectivity index (χ2v) is 7.92. The van der Waals surface area contributed by atoms with Crippen LogP contribution in [0.3, 0.4) is 0 Å². The standard InChI is InChI=1S/C21H27NO7S/c1-17-3-9-20(10-4-17)30(24,25)29-16-15-28-14-13-27-12-11-22-19-7-5-18(6-8-19)21(23)26-2/h3-10,22H,11-16H2,1-2H3. The summed E-state index contributed by atoms with van der Waals surface area (Å²) >= 11 is 0. The van der Waals surface area contributed by atoms with Crippen molar-refractivity contribution >= 4 is 21.8 Å². The van der Waals surface area contributed by atoms with Crippen molar-refractivity contribution in [2.24, 2.45) is 0 Å². The fraction of sp³-hybridized carbons (Fsp3) is 0.381. The van der Waals surface area contributed by atoms with Crippen LogP contribution in [0.1, 0.15) is 15.9 Å². The molecule has 0 radical (unpaired) electrons. The van der Waals surface area contributed by atoms with Gasteiger partial charge in [0.05, 0.1) is 50.6 Å². The van der Waals surface area contributed by atoms with Crippen molar-refractivity contribution < 1.29 is 31.6 Å². The van der Waals surface area contributed by atoms with Crippen LogP contribution in [0, 0.1) is 6.92 Å². The van der Waals surface area contributed by atoms with Crippen molar-refractivity contribution in [2.45, 2.75) is 11.8 Å². The Hall–Kier alpha value is -2.46. The number of rotatable bonds is 13. The Kier molecular flexibility index (Phi) is 9.75. The zero-order chi connectivity index (χ0) is 21.8. The first-order valence-electron chi connectivity index (χ1n) is 9.46. The fourth-order valence-electron chi connectivity index (χ4n) is 2.41. The monoisotopic (exact) mass is 437 g/mol. The van der Waals surface area contributed by atoms with Gasteiger partial charge in [0.25, 0.3) is 10.1 Å². The molecule has 0 saturated heterocycles. The van der Waals surface area contributed by atoms with E-state index in [1.165, 1.54) is 19.2 Å². The smallest absolute Gasteiger partial charge is 0.337 e. The first-order chi connectivity index (χ1) is 14.4. The Bertz CT molecular complexity index is 881. The van der Waals surface area contributed by atoms with Crippen LogP contribution in [-0.2, 0) is 28.5 Å². The van der Waals surface area contributed by atoms with Crippen LogP contribution in [0.25, 0.3) is 0 Å². The molecule has 9 heteroatoms. The number of anilines is 1. The number of carbonyl (C=O) groups is 1. The largest absolute Gasteiger partial charge is 0.465 e. The Morgan fingerprint density at radius 3 is 2.10 bits per heavy atom. The van der Waals surface area contributed by atoms with Gasteiger partial charge in [0.2, 0.25) is 0 Å². The van der Waals surface area contributed by atoms with E-state index >= 15 is 0 Å². The summed E-state index contributed by atoms with van der Waals surface area (Å²) < 4.78 is 44.4. The predicted octanol–water partition coefficient (Wildman–Crippen LogP) is 2.63. The molecule has 0 aromatic heterocycles. The topological polar surface area (TPSA) is 100 Å². The van der Waals surface area contributed by atoms with Gasteiger partial charge in [-0.3, -0.25) is 4.18 Å². The summed E-state index contributed by atoms with van der Waals surface area (Å²) in [5.41, 5.74) is 2.34. The normalized spacial score (nSPS) is 11.3. The highest BCUT2D eigenvalue weighted by atomic mass is 32.2. The minimum atomic E-state index is -3.76. The van der Waals surface area contributed by atoms with Crippen LogP contribution in [0.15, 0.2) is 53.4 Å². The van der Waals surface area contributed by atoms with Gasteiger partial charge in [-0.2, -0.15) is 8.42 Å². The zero-order valence-corrected chi connectivity index (χ0v) is 17.9. The summed E-state index contributed by atoms with van der Waals surface area (Å²) in [5.74, 6) is -0.372. The van der Waals surface area contributed by atoms with E-state index in [-0.39, 0.29) is 24.1 Å². The predicted molar refractivity (Wildman–Crippen MR) is 112 cm³/mol. The number of methoxy groups -OCH3 is 1. The average Bonchev–Trinajstić information content (AvgIpc) is 2.75. The van der Waals surface area contributed by atoms with Crippen LogP contribution >= 0.6 is 0 Å². The van der Waals surface area contributed by atoms with Crippen molar-refractivity contribution in [3.63, 3.8) is 0 Å². The van der Waals surface area contributed by atoms with E-state index in [0.29, 0.717) is 31.9 Å². The number of hydrogen-bond acceptors (Lipinski definition) is 8. The van der Waals surface area contributed by atoms with E-state index in [0.717, 1.165) is 11.3 Å². The third-order valence-electron chi connectivity index (χ3n) is 4.03. The minimum Gasteiger partial charge on any atom is -0.465 e. The molecule has 0 unspecified atom stereocenters. The Morgan fingerprint density at radius 2 is 1.47 bits per heavy atom. The number of aryl methyl sites for hydroxylation is 1. The van der Waals surface area contributed by atoms with Crippen LogP contribution in [0.4, 0.5) is 5.69 Å². The SMILES string of the molecule is COC(=O)c1ccc(NCCOCCOCCOS(=O)(=O)c2ccc(C)cc2)cc1. The maximum atomic E-state index is 12.0. The molecule has 0 spiro atoms. The molecule has 0 aliphatic carbocycles. The molecule has 0 bridgehead atoms. The maximum Gasteiger partial charge on any atom is 0.337 e. The molecule has 0 heterocycles. The summed E-state index contributed by atoms with van der Waals surface area (Å²) in [4.78, 5) is 11.5. The second-order valence-electron chi connectivity index (χ2n) is 6.31. The summed E-state index contributed by atoms with van der Waals surface area (Å²) in [7, 11) is -2.42. The lowest BCUT2D eigenvalue weighted by atomic mass is 10.2. The molecule has 30 heavy (non-hydrogen) atoms. The third kappa shape index (κ3) is 8.11. The van der Waals surface area contributed by atoms with Gasteiger partial charge in [0.15, 0.2) is 0 Å². The first kappa shape index (κ1) is 23.8. The molecule has 2 rings (SSSR count). The van der Waals surface area contributed by atoms with Gasteiger partial charge in [-0.25, -0.2) is 4.79 Å². The van der Waals surface area contributed by atoms with Gasteiger partial charge in [-0.05, 0) is 43.3 Å². The van der Waals surface area contributed by atoms with Crippen molar-refractivity contribution in [2.75, 3.05) is 52.0 Å². The number of nitrogens with one attached hydrogen (secondary N) is 1. The maximum absolute atomic E-state index is 12.0. The van der Waals surface area contributed by atoms with E-state index in [4.69, 9.17) is 13.7 Å². The van der Waals surface area contributed by atoms with Crippen LogP contribution in [0.2, 0.25) is 0 Å². The molecule has 0 saturated carbocycles. The molecule has 1 N–H and O–H groups in total. The van der Waals surface area contributed by atoms with E-state index in [1.807, 2.05) is 6.92 Å². The van der Waals surface area contributed by atoms with Crippen molar-refractivity contribution in [3.05, 3.63) is 59.7 Å². The van der Waals surface area contributed by atoms with Gasteiger partial charge < -0.3 is 19.5 Å². The molecule has 0 aliphatic heterocycles. The lowest BCUT2D eigenvalue weighted by Crippen LogP contribution is -2.15. The highest BCUT2D eigenvalue weighted by molar-refractivity contribution is 7.86. The van der Waals surface area contributed by atoms with Gasteiger partial charge in [0, 0.05) is 12.2 Å². The summed E-state index contributed by atoms with van der Waals surface area (Å²) in [6.45, 7) is 3.76. The van der Waals surface area contributed by atoms with Gasteiger partial charge >= 0.3 is 5.97 Å². The van der Waals surface area contributed by atoms with E-state index < -0.39 is 10.1 Å². The molecule has 0 aliphatic rings. The summed E-state index contributed by atoms with van der Waals surface area (Å²) in [5, 5.41) is 3.17. The first-order valence-corrected chi connectivity index (χ1v) is 10.9. The fourth-order valence-corrected chi connectivity index (χ4v) is 3.30. The summed E-state index contributed by atoms with van der Waals surface area (Å²) in [6, 6.07) is 13.4. The van der Waals surface area contributed by atoms with Crippen molar-refractivity contribution in [3.8, 4) is 0 Å². The number of hydrogen-bond donors (Lipinski definition) is 1. The quantitative estimate of drug-likeness (QED) is 0.290. The van der Waals surface area contributed by atoms with Gasteiger partial charge in [-0.1, -0.05) is 17.7 Å². The van der Waals surface area contributed by atoms with Crippen molar-refractivity contribution in [1.29, 1.82) is 0 Å². The second kappa shape index (κ2) is 12.3. The lowest BCUT2D eigenvalue weighted by Gasteiger charge is -2.09. The number of benzene rings is 2. The number of carbonyl (C=O) groups excluding carboxylic acids is 1. The van der Waals surface area contributed by atoms with E-state index in [2.05, 4.69) is 10.1 Å². The molecular formula is C21H27NO7S. The third-order valence-corrected chi connectivity index (χ3v) is 5.36. The molecular weight excluding hydrogens is 410 g/mol. The molecule has 8 nitrogen and oxygen atoms in total. The van der Waals surface area contributed by atoms with Crippen LogP contribution in [0.5, 0.6) is 0 Å². The van der Waals surface area contributed by atoms with Gasteiger partial charge in [-0.15, -0.1) is 0 Å². The average molecular weight is 438 g/mol. The molecule has 2 aromatic carbocycles. The van der Waals surface area contributed by atoms with Crippen LogP contribution < -0.4 is 5.32 Å². The number of ether oxygens (including phenoxy) is 3. The molecule has 0 atom stereocenters. The molecule has 0 amide bonds. The van der Waals surface area contributed by atoms with Gasteiger partial charge in [0.1, 0.15) is 0 Å². The van der Waals surface area contributed by atoms with E-state index in [9.17, 15) is 13.2 Å². The highest BCUT2D eigenvalue weighted by Crippen LogP contribution is 2.13. The highest BCUT2D eigenvalue weighted by Gasteiger charge is 2.14. The number of esters is 1. The zero-order valence-electron chi connectivity index (χ0n) is 17.1. The Labute approximate surface area is 177 Å². The molecule has 2 aromatic rings. The lowest BCUT2D eigenvalue weighted by molar-refractivity contribution is 0.0403. The van der Waals surface area contributed by atoms with Crippen LogP contribution in [-0.4, -0.2) is 61.1 Å². The Balaban J connectivity index is 1.50. The molecule has 164 valence electrons. The summed E-state index contributed by atoms with van der Waals surface area (Å²) in [6.07, 6.45) is 0. The van der Waals surface area contributed by atoms with Crippen molar-refractivity contribution in [1.82, 2.24) is 0 Å². The molecule has 0 fully saturated rings. The van der Waals surface area contributed by atoms with E-state index in [1.54, 1.807) is 36.4 Å².